The molecule has 1 heterocycles. The first-order chi connectivity index (χ1) is 8.49. The predicted molar refractivity (Wildman–Crippen MR) is 73.9 cm³/mol. The molecule has 0 saturated heterocycles. The van der Waals surface area contributed by atoms with E-state index in [1.807, 2.05) is 20.0 Å². The van der Waals surface area contributed by atoms with Gasteiger partial charge in [0.05, 0.1) is 5.69 Å². The van der Waals surface area contributed by atoms with Crippen molar-refractivity contribution in [1.82, 2.24) is 15.1 Å². The van der Waals surface area contributed by atoms with Gasteiger partial charge >= 0.3 is 0 Å². The second kappa shape index (κ2) is 6.99. The average Bonchev–Trinajstić information content (AvgIpc) is 2.69. The van der Waals surface area contributed by atoms with E-state index in [9.17, 15) is 4.79 Å². The number of amides is 1. The van der Waals surface area contributed by atoms with Gasteiger partial charge in [0, 0.05) is 25.4 Å². The Morgan fingerprint density at radius 1 is 1.44 bits per heavy atom. The SMILES string of the molecule is CC(C)CCC(C)NC(=O)C=Cc1ccnn1C. The average molecular weight is 249 g/mol. The zero-order valence-electron chi connectivity index (χ0n) is 11.7. The number of carbonyl (C=O) groups excluding carboxylic acids is 1. The van der Waals surface area contributed by atoms with Crippen molar-refractivity contribution in [3.8, 4) is 0 Å². The fourth-order valence-corrected chi connectivity index (χ4v) is 1.66. The Labute approximate surface area is 109 Å². The minimum Gasteiger partial charge on any atom is -0.350 e. The van der Waals surface area contributed by atoms with Crippen molar-refractivity contribution < 1.29 is 4.79 Å². The van der Waals surface area contributed by atoms with Crippen LogP contribution in [0.5, 0.6) is 0 Å². The lowest BCUT2D eigenvalue weighted by Crippen LogP contribution is -2.31. The Balaban J connectivity index is 2.37. The molecule has 1 atom stereocenters. The topological polar surface area (TPSA) is 46.9 Å². The van der Waals surface area contributed by atoms with Crippen molar-refractivity contribution in [2.24, 2.45) is 13.0 Å². The van der Waals surface area contributed by atoms with Gasteiger partial charge in [0.15, 0.2) is 0 Å². The summed E-state index contributed by atoms with van der Waals surface area (Å²) in [5.41, 5.74) is 0.917. The van der Waals surface area contributed by atoms with Crippen LogP contribution in [0.4, 0.5) is 0 Å². The Morgan fingerprint density at radius 2 is 2.17 bits per heavy atom. The number of hydrogen-bond acceptors (Lipinski definition) is 2. The molecule has 100 valence electrons. The van der Waals surface area contributed by atoms with Crippen LogP contribution in [0.1, 0.15) is 39.3 Å². The maximum absolute atomic E-state index is 11.7. The molecule has 0 aliphatic rings. The van der Waals surface area contributed by atoms with Gasteiger partial charge in [0.2, 0.25) is 5.91 Å². The Hall–Kier alpha value is -1.58. The first-order valence-corrected chi connectivity index (χ1v) is 6.45. The highest BCUT2D eigenvalue weighted by Crippen LogP contribution is 2.06. The van der Waals surface area contributed by atoms with Gasteiger partial charge in [0.1, 0.15) is 0 Å². The molecule has 1 amide bonds. The van der Waals surface area contributed by atoms with Gasteiger partial charge < -0.3 is 5.32 Å². The van der Waals surface area contributed by atoms with Crippen LogP contribution in [-0.4, -0.2) is 21.7 Å². The quantitative estimate of drug-likeness (QED) is 0.787. The molecule has 18 heavy (non-hydrogen) atoms. The molecule has 1 unspecified atom stereocenters. The van der Waals surface area contributed by atoms with E-state index < -0.39 is 0 Å². The number of carbonyl (C=O) groups is 1. The van der Waals surface area contributed by atoms with Crippen LogP contribution in [0.3, 0.4) is 0 Å². The Morgan fingerprint density at radius 3 is 2.72 bits per heavy atom. The van der Waals surface area contributed by atoms with E-state index in [0.717, 1.165) is 18.5 Å². The van der Waals surface area contributed by atoms with Gasteiger partial charge in [-0.15, -0.1) is 0 Å². The maximum atomic E-state index is 11.7. The van der Waals surface area contributed by atoms with E-state index >= 15 is 0 Å². The van der Waals surface area contributed by atoms with Crippen molar-refractivity contribution in [2.45, 2.75) is 39.7 Å². The number of nitrogens with one attached hydrogen (secondary N) is 1. The van der Waals surface area contributed by atoms with Crippen molar-refractivity contribution in [3.63, 3.8) is 0 Å². The second-order valence-electron chi connectivity index (χ2n) is 5.09. The van der Waals surface area contributed by atoms with Crippen molar-refractivity contribution >= 4 is 12.0 Å². The molecule has 1 aromatic rings. The lowest BCUT2D eigenvalue weighted by molar-refractivity contribution is -0.117. The standard InChI is InChI=1S/C14H23N3O/c1-11(2)5-6-12(3)16-14(18)8-7-13-9-10-15-17(13)4/h7-12H,5-6H2,1-4H3,(H,16,18). The molecule has 0 saturated carbocycles. The predicted octanol–water partition coefficient (Wildman–Crippen LogP) is 2.37. The first-order valence-electron chi connectivity index (χ1n) is 6.45. The third-order valence-electron chi connectivity index (χ3n) is 2.83. The van der Waals surface area contributed by atoms with Gasteiger partial charge in [0.25, 0.3) is 0 Å². The molecule has 4 nitrogen and oxygen atoms in total. The van der Waals surface area contributed by atoms with Crippen LogP contribution < -0.4 is 5.32 Å². The summed E-state index contributed by atoms with van der Waals surface area (Å²) in [6.07, 6.45) is 7.19. The molecule has 0 bridgehead atoms. The molecular weight excluding hydrogens is 226 g/mol. The van der Waals surface area contributed by atoms with Crippen LogP contribution in [0.2, 0.25) is 0 Å². The molecule has 4 heteroatoms. The molecule has 0 aliphatic carbocycles. The van der Waals surface area contributed by atoms with E-state index in [1.54, 1.807) is 23.0 Å². The molecule has 0 aliphatic heterocycles. The van der Waals surface area contributed by atoms with E-state index in [0.29, 0.717) is 5.92 Å². The normalized spacial score (nSPS) is 13.2. The summed E-state index contributed by atoms with van der Waals surface area (Å²) >= 11 is 0. The van der Waals surface area contributed by atoms with Crippen LogP contribution in [-0.2, 0) is 11.8 Å². The third-order valence-corrected chi connectivity index (χ3v) is 2.83. The van der Waals surface area contributed by atoms with E-state index in [2.05, 4.69) is 24.3 Å². The molecule has 0 fully saturated rings. The highest BCUT2D eigenvalue weighted by atomic mass is 16.1. The van der Waals surface area contributed by atoms with Crippen molar-refractivity contribution in [1.29, 1.82) is 0 Å². The van der Waals surface area contributed by atoms with Gasteiger partial charge in [-0.1, -0.05) is 13.8 Å². The summed E-state index contributed by atoms with van der Waals surface area (Å²) in [6.45, 7) is 6.42. The molecule has 0 spiro atoms. The largest absolute Gasteiger partial charge is 0.350 e. The molecule has 1 rings (SSSR count). The summed E-state index contributed by atoms with van der Waals surface area (Å²) in [4.78, 5) is 11.7. The molecule has 1 aromatic heterocycles. The van der Waals surface area contributed by atoms with Crippen LogP contribution in [0, 0.1) is 5.92 Å². The summed E-state index contributed by atoms with van der Waals surface area (Å²) in [7, 11) is 1.85. The lowest BCUT2D eigenvalue weighted by Gasteiger charge is -2.13. The number of rotatable bonds is 6. The minimum atomic E-state index is -0.0487. The van der Waals surface area contributed by atoms with Crippen molar-refractivity contribution in [3.05, 3.63) is 24.0 Å². The smallest absolute Gasteiger partial charge is 0.244 e. The Kier molecular flexibility index (Phi) is 5.62. The van der Waals surface area contributed by atoms with Gasteiger partial charge in [-0.05, 0) is 37.8 Å². The maximum Gasteiger partial charge on any atom is 0.244 e. The van der Waals surface area contributed by atoms with Crippen LogP contribution >= 0.6 is 0 Å². The monoisotopic (exact) mass is 249 g/mol. The van der Waals surface area contributed by atoms with Crippen LogP contribution in [0.25, 0.3) is 6.08 Å². The minimum absolute atomic E-state index is 0.0487. The molecule has 0 radical (unpaired) electrons. The zero-order chi connectivity index (χ0) is 13.5. The Bertz CT molecular complexity index is 407. The molecule has 1 N–H and O–H groups in total. The fraction of sp³-hybridized carbons (Fsp3) is 0.571. The van der Waals surface area contributed by atoms with E-state index in [4.69, 9.17) is 0 Å². The highest BCUT2D eigenvalue weighted by molar-refractivity contribution is 5.91. The lowest BCUT2D eigenvalue weighted by atomic mass is 10.0. The third kappa shape index (κ3) is 5.17. The first kappa shape index (κ1) is 14.5. The molecule has 0 aromatic carbocycles. The van der Waals surface area contributed by atoms with Gasteiger partial charge in [-0.2, -0.15) is 5.10 Å². The van der Waals surface area contributed by atoms with Gasteiger partial charge in [-0.25, -0.2) is 0 Å². The number of nitrogens with zero attached hydrogens (tertiary/aromatic N) is 2. The fourth-order valence-electron chi connectivity index (χ4n) is 1.66. The second-order valence-corrected chi connectivity index (χ2v) is 5.09. The zero-order valence-corrected chi connectivity index (χ0v) is 11.7. The van der Waals surface area contributed by atoms with Gasteiger partial charge in [-0.3, -0.25) is 9.48 Å². The number of hydrogen-bond donors (Lipinski definition) is 1. The summed E-state index contributed by atoms with van der Waals surface area (Å²) in [6, 6.07) is 2.09. The highest BCUT2D eigenvalue weighted by Gasteiger charge is 2.05. The summed E-state index contributed by atoms with van der Waals surface area (Å²) in [5, 5.41) is 7.00. The summed E-state index contributed by atoms with van der Waals surface area (Å²) < 4.78 is 1.73. The van der Waals surface area contributed by atoms with E-state index in [-0.39, 0.29) is 11.9 Å². The molecular formula is C14H23N3O. The van der Waals surface area contributed by atoms with Crippen LogP contribution in [0.15, 0.2) is 18.3 Å². The number of aryl methyl sites for hydroxylation is 1. The van der Waals surface area contributed by atoms with E-state index in [1.165, 1.54) is 0 Å². The summed E-state index contributed by atoms with van der Waals surface area (Å²) in [5.74, 6) is 0.627. The van der Waals surface area contributed by atoms with Crippen molar-refractivity contribution in [2.75, 3.05) is 0 Å². The number of aromatic nitrogens is 2.